The molecule has 102 valence electrons. The van der Waals surface area contributed by atoms with Crippen molar-refractivity contribution in [3.63, 3.8) is 0 Å². The van der Waals surface area contributed by atoms with Gasteiger partial charge in [0.15, 0.2) is 0 Å². The normalized spacial score (nSPS) is 18.0. The number of carboxylic acid groups (broad SMARTS) is 1. The van der Waals surface area contributed by atoms with Gasteiger partial charge in [-0.05, 0) is 30.5 Å². The molecule has 4 heteroatoms. The standard InChI is InChI=1S/C15H16F2O2/c1-2-15(6-4-3-5-7-15)10-8-11(16)13(14(18)19)12(17)9-10/h2,8-9H,1,3-7H2,(H,18,19). The van der Waals surface area contributed by atoms with E-state index in [1.807, 2.05) is 0 Å². The zero-order chi connectivity index (χ0) is 14.0. The quantitative estimate of drug-likeness (QED) is 0.838. The van der Waals surface area contributed by atoms with Crippen molar-refractivity contribution in [3.05, 3.63) is 47.5 Å². The molecule has 0 radical (unpaired) electrons. The fourth-order valence-electron chi connectivity index (χ4n) is 2.86. The maximum atomic E-state index is 13.8. The van der Waals surface area contributed by atoms with E-state index in [-0.39, 0.29) is 0 Å². The van der Waals surface area contributed by atoms with Gasteiger partial charge >= 0.3 is 5.97 Å². The second-order valence-corrected chi connectivity index (χ2v) is 5.04. The molecule has 0 atom stereocenters. The first-order chi connectivity index (χ1) is 9.00. The molecule has 1 saturated carbocycles. The van der Waals surface area contributed by atoms with E-state index in [1.54, 1.807) is 6.08 Å². The second-order valence-electron chi connectivity index (χ2n) is 5.04. The van der Waals surface area contributed by atoms with Crippen LogP contribution in [0.2, 0.25) is 0 Å². The van der Waals surface area contributed by atoms with E-state index < -0.39 is 28.6 Å². The summed E-state index contributed by atoms with van der Waals surface area (Å²) in [5.74, 6) is -3.62. The van der Waals surface area contributed by atoms with Crippen LogP contribution in [0.25, 0.3) is 0 Å². The van der Waals surface area contributed by atoms with Gasteiger partial charge in [0.05, 0.1) is 0 Å². The molecule has 1 aliphatic rings. The van der Waals surface area contributed by atoms with Crippen molar-refractivity contribution in [2.45, 2.75) is 37.5 Å². The molecule has 1 aromatic rings. The van der Waals surface area contributed by atoms with Crippen LogP contribution in [-0.2, 0) is 5.41 Å². The average Bonchev–Trinajstić information content (AvgIpc) is 2.38. The van der Waals surface area contributed by atoms with Crippen molar-refractivity contribution in [2.24, 2.45) is 0 Å². The Labute approximate surface area is 110 Å². The Balaban J connectivity index is 2.51. The summed E-state index contributed by atoms with van der Waals surface area (Å²) in [5, 5.41) is 8.77. The van der Waals surface area contributed by atoms with Crippen molar-refractivity contribution in [3.8, 4) is 0 Å². The van der Waals surface area contributed by atoms with E-state index in [1.165, 1.54) is 0 Å². The van der Waals surface area contributed by atoms with Gasteiger partial charge in [-0.15, -0.1) is 6.58 Å². The Morgan fingerprint density at radius 2 is 1.74 bits per heavy atom. The number of carbonyl (C=O) groups is 1. The van der Waals surface area contributed by atoms with E-state index in [9.17, 15) is 13.6 Å². The minimum atomic E-state index is -1.59. The van der Waals surface area contributed by atoms with Crippen LogP contribution in [0.5, 0.6) is 0 Å². The Hall–Kier alpha value is -1.71. The smallest absolute Gasteiger partial charge is 0.341 e. The third-order valence-corrected chi connectivity index (χ3v) is 3.97. The third kappa shape index (κ3) is 2.39. The van der Waals surface area contributed by atoms with Crippen LogP contribution >= 0.6 is 0 Å². The highest BCUT2D eigenvalue weighted by Gasteiger charge is 2.33. The van der Waals surface area contributed by atoms with Gasteiger partial charge in [-0.1, -0.05) is 25.3 Å². The summed E-state index contributed by atoms with van der Waals surface area (Å²) in [4.78, 5) is 10.8. The summed E-state index contributed by atoms with van der Waals surface area (Å²) in [5.41, 5.74) is -0.835. The lowest BCUT2D eigenvalue weighted by Gasteiger charge is -2.35. The maximum absolute atomic E-state index is 13.8. The lowest BCUT2D eigenvalue weighted by molar-refractivity contribution is 0.0686. The van der Waals surface area contributed by atoms with Gasteiger partial charge < -0.3 is 5.11 Å². The molecule has 0 unspecified atom stereocenters. The van der Waals surface area contributed by atoms with Crippen molar-refractivity contribution < 1.29 is 18.7 Å². The zero-order valence-electron chi connectivity index (χ0n) is 10.6. The van der Waals surface area contributed by atoms with Crippen LogP contribution in [0.15, 0.2) is 24.8 Å². The summed E-state index contributed by atoms with van der Waals surface area (Å²) in [6.45, 7) is 3.79. The second kappa shape index (κ2) is 5.11. The number of hydrogen-bond donors (Lipinski definition) is 1. The first kappa shape index (κ1) is 13.7. The zero-order valence-corrected chi connectivity index (χ0v) is 10.6. The van der Waals surface area contributed by atoms with Gasteiger partial charge in [-0.25, -0.2) is 13.6 Å². The molecule has 0 spiro atoms. The highest BCUT2D eigenvalue weighted by atomic mass is 19.1. The molecular formula is C15H16F2O2. The fraction of sp³-hybridized carbons (Fsp3) is 0.400. The van der Waals surface area contributed by atoms with E-state index in [4.69, 9.17) is 5.11 Å². The highest BCUT2D eigenvalue weighted by molar-refractivity contribution is 5.88. The predicted octanol–water partition coefficient (Wildman–Crippen LogP) is 4.05. The van der Waals surface area contributed by atoms with Crippen molar-refractivity contribution in [1.82, 2.24) is 0 Å². The van der Waals surface area contributed by atoms with Crippen LogP contribution < -0.4 is 0 Å². The highest BCUT2D eigenvalue weighted by Crippen LogP contribution is 2.41. The van der Waals surface area contributed by atoms with Gasteiger partial charge in [-0.2, -0.15) is 0 Å². The largest absolute Gasteiger partial charge is 0.477 e. The van der Waals surface area contributed by atoms with Crippen molar-refractivity contribution >= 4 is 5.97 Å². The minimum absolute atomic E-state index is 0.434. The number of rotatable bonds is 3. The number of aromatic carboxylic acids is 1. The number of hydrogen-bond acceptors (Lipinski definition) is 1. The van der Waals surface area contributed by atoms with Crippen LogP contribution in [0.4, 0.5) is 8.78 Å². The maximum Gasteiger partial charge on any atom is 0.341 e. The molecule has 1 fully saturated rings. The lowest BCUT2D eigenvalue weighted by Crippen LogP contribution is -2.27. The predicted molar refractivity (Wildman–Crippen MR) is 68.3 cm³/mol. The molecule has 1 N–H and O–H groups in total. The van der Waals surface area contributed by atoms with Crippen molar-refractivity contribution in [1.29, 1.82) is 0 Å². The van der Waals surface area contributed by atoms with Crippen LogP contribution in [0, 0.1) is 11.6 Å². The number of halogens is 2. The van der Waals surface area contributed by atoms with E-state index in [2.05, 4.69) is 6.58 Å². The first-order valence-corrected chi connectivity index (χ1v) is 6.36. The molecule has 0 aliphatic heterocycles. The number of benzene rings is 1. The first-order valence-electron chi connectivity index (χ1n) is 6.36. The van der Waals surface area contributed by atoms with Crippen LogP contribution in [0.3, 0.4) is 0 Å². The Morgan fingerprint density at radius 3 is 2.16 bits per heavy atom. The van der Waals surface area contributed by atoms with E-state index in [0.717, 1.165) is 44.2 Å². The monoisotopic (exact) mass is 266 g/mol. The summed E-state index contributed by atoms with van der Waals surface area (Å²) in [6, 6.07) is 2.28. The molecule has 0 aromatic heterocycles. The third-order valence-electron chi connectivity index (χ3n) is 3.97. The van der Waals surface area contributed by atoms with E-state index >= 15 is 0 Å². The molecule has 0 bridgehead atoms. The minimum Gasteiger partial charge on any atom is -0.477 e. The SMILES string of the molecule is C=CC1(c2cc(F)c(C(=O)O)c(F)c2)CCCCC1. The van der Waals surface area contributed by atoms with Gasteiger partial charge in [-0.3, -0.25) is 0 Å². The Morgan fingerprint density at radius 1 is 1.21 bits per heavy atom. The average molecular weight is 266 g/mol. The summed E-state index contributed by atoms with van der Waals surface area (Å²) in [7, 11) is 0. The lowest BCUT2D eigenvalue weighted by atomic mass is 9.69. The molecule has 2 rings (SSSR count). The van der Waals surface area contributed by atoms with E-state index in [0.29, 0.717) is 5.56 Å². The Bertz CT molecular complexity index is 494. The van der Waals surface area contributed by atoms with Gasteiger partial charge in [0.25, 0.3) is 0 Å². The summed E-state index contributed by atoms with van der Waals surface area (Å²) >= 11 is 0. The topological polar surface area (TPSA) is 37.3 Å². The van der Waals surface area contributed by atoms with Crippen molar-refractivity contribution in [2.75, 3.05) is 0 Å². The van der Waals surface area contributed by atoms with Crippen LogP contribution in [-0.4, -0.2) is 11.1 Å². The number of carboxylic acids is 1. The fourth-order valence-corrected chi connectivity index (χ4v) is 2.86. The van der Waals surface area contributed by atoms with Crippen LogP contribution in [0.1, 0.15) is 48.0 Å². The number of allylic oxidation sites excluding steroid dienone is 1. The molecule has 0 heterocycles. The Kier molecular flexibility index (Phi) is 3.69. The molecular weight excluding hydrogens is 250 g/mol. The van der Waals surface area contributed by atoms with Gasteiger partial charge in [0, 0.05) is 5.41 Å². The summed E-state index contributed by atoms with van der Waals surface area (Å²) in [6.07, 6.45) is 6.39. The molecule has 2 nitrogen and oxygen atoms in total. The molecule has 1 aromatic carbocycles. The molecule has 1 aliphatic carbocycles. The summed E-state index contributed by atoms with van der Waals surface area (Å²) < 4.78 is 27.5. The molecule has 0 amide bonds. The molecule has 19 heavy (non-hydrogen) atoms. The van der Waals surface area contributed by atoms with Gasteiger partial charge in [0.1, 0.15) is 17.2 Å². The van der Waals surface area contributed by atoms with Gasteiger partial charge in [0.2, 0.25) is 0 Å². The molecule has 0 saturated heterocycles.